The van der Waals surface area contributed by atoms with E-state index in [0.717, 1.165) is 0 Å². The molecule has 1 heterocycles. The van der Waals surface area contributed by atoms with E-state index in [0.29, 0.717) is 27.7 Å². The number of halogens is 1. The molecule has 0 spiro atoms. The van der Waals surface area contributed by atoms with Crippen LogP contribution in [0.3, 0.4) is 0 Å². The van der Waals surface area contributed by atoms with Crippen LogP contribution in [0.5, 0.6) is 0 Å². The molecule has 3 aromatic rings. The van der Waals surface area contributed by atoms with Crippen molar-refractivity contribution in [3.63, 3.8) is 0 Å². The molecule has 3 nitrogen and oxygen atoms in total. The third-order valence-corrected chi connectivity index (χ3v) is 3.38. The van der Waals surface area contributed by atoms with Gasteiger partial charge < -0.3 is 4.42 Å². The molecule has 3 rings (SSSR count). The van der Waals surface area contributed by atoms with Crippen molar-refractivity contribution < 1.29 is 13.6 Å². The number of carbonyl (C=O) groups excluding carboxylic acids is 1. The normalized spacial score (nSPS) is 10.5. The number of carbonyl (C=O) groups is 1. The zero-order chi connectivity index (χ0) is 15.0. The van der Waals surface area contributed by atoms with E-state index >= 15 is 0 Å². The highest BCUT2D eigenvalue weighted by Crippen LogP contribution is 2.27. The third-order valence-electron chi connectivity index (χ3n) is 3.38. The third kappa shape index (κ3) is 2.19. The van der Waals surface area contributed by atoms with Gasteiger partial charge in [-0.2, -0.15) is 5.26 Å². The van der Waals surface area contributed by atoms with Crippen LogP contribution in [-0.4, -0.2) is 5.78 Å². The van der Waals surface area contributed by atoms with Gasteiger partial charge in [0.05, 0.1) is 11.6 Å². The van der Waals surface area contributed by atoms with Gasteiger partial charge >= 0.3 is 0 Å². The van der Waals surface area contributed by atoms with Gasteiger partial charge in [-0.3, -0.25) is 4.79 Å². The summed E-state index contributed by atoms with van der Waals surface area (Å²) in [4.78, 5) is 12.5. The van der Waals surface area contributed by atoms with Crippen molar-refractivity contribution in [2.75, 3.05) is 0 Å². The lowest BCUT2D eigenvalue weighted by atomic mass is 10.0. The number of fused-ring (bicyclic) bond motifs is 1. The Balaban J connectivity index is 2.09. The van der Waals surface area contributed by atoms with Gasteiger partial charge in [0.25, 0.3) is 0 Å². The van der Waals surface area contributed by atoms with E-state index in [1.165, 1.54) is 18.2 Å². The van der Waals surface area contributed by atoms with E-state index in [4.69, 9.17) is 9.68 Å². The fraction of sp³-hybridized carbons (Fsp3) is 0.0588. The molecule has 4 heteroatoms. The molecular formula is C17H10FNO2. The Kier molecular flexibility index (Phi) is 3.03. The molecule has 0 N–H and O–H groups in total. The number of nitriles is 1. The van der Waals surface area contributed by atoms with Crippen molar-refractivity contribution in [3.8, 4) is 6.07 Å². The number of rotatable bonds is 2. The molecule has 0 amide bonds. The molecule has 102 valence electrons. The number of hydrogen-bond donors (Lipinski definition) is 0. The summed E-state index contributed by atoms with van der Waals surface area (Å²) in [5, 5.41) is 9.35. The number of furan rings is 1. The Bertz CT molecular complexity index is 886. The second kappa shape index (κ2) is 4.88. The van der Waals surface area contributed by atoms with Gasteiger partial charge in [-0.05, 0) is 49.4 Å². The molecule has 0 aliphatic heterocycles. The highest BCUT2D eigenvalue weighted by molar-refractivity contribution is 6.10. The van der Waals surface area contributed by atoms with E-state index in [1.807, 2.05) is 6.07 Å². The van der Waals surface area contributed by atoms with Crippen LogP contribution in [0, 0.1) is 24.1 Å². The van der Waals surface area contributed by atoms with Crippen LogP contribution in [0.4, 0.5) is 4.39 Å². The minimum atomic E-state index is -0.372. The molecule has 0 bridgehead atoms. The summed E-state index contributed by atoms with van der Waals surface area (Å²) in [5.41, 5.74) is 2.00. The number of aryl methyl sites for hydroxylation is 1. The Morgan fingerprint density at radius 3 is 2.57 bits per heavy atom. The molecule has 2 aromatic carbocycles. The minimum absolute atomic E-state index is 0.195. The number of ketones is 1. The summed E-state index contributed by atoms with van der Waals surface area (Å²) in [7, 11) is 0. The number of nitrogens with zero attached hydrogens (tertiary/aromatic N) is 1. The average molecular weight is 279 g/mol. The first-order valence-electron chi connectivity index (χ1n) is 6.33. The molecule has 0 saturated heterocycles. The fourth-order valence-corrected chi connectivity index (χ4v) is 2.24. The van der Waals surface area contributed by atoms with Crippen molar-refractivity contribution in [1.29, 1.82) is 5.26 Å². The van der Waals surface area contributed by atoms with Gasteiger partial charge in [-0.25, -0.2) is 4.39 Å². The van der Waals surface area contributed by atoms with Gasteiger partial charge in [0.2, 0.25) is 5.78 Å². The standard InChI is InChI=1S/C17H10FNO2/c1-10-14-8-13(18)6-7-15(14)21-17(10)16(20)12-4-2-11(9-19)3-5-12/h2-8H,1H3. The van der Waals surface area contributed by atoms with Crippen LogP contribution in [0.25, 0.3) is 11.0 Å². The number of benzene rings is 2. The Morgan fingerprint density at radius 2 is 1.90 bits per heavy atom. The van der Waals surface area contributed by atoms with Gasteiger partial charge in [0.15, 0.2) is 5.76 Å². The van der Waals surface area contributed by atoms with Crippen LogP contribution in [0.15, 0.2) is 46.9 Å². The maximum Gasteiger partial charge on any atom is 0.228 e. The van der Waals surface area contributed by atoms with Crippen molar-refractivity contribution in [1.82, 2.24) is 0 Å². The molecule has 1 aromatic heterocycles. The predicted octanol–water partition coefficient (Wildman–Crippen LogP) is 3.98. The molecule has 21 heavy (non-hydrogen) atoms. The monoisotopic (exact) mass is 279 g/mol. The topological polar surface area (TPSA) is 54.0 Å². The van der Waals surface area contributed by atoms with Crippen LogP contribution in [0.1, 0.15) is 27.2 Å². The molecule has 0 aliphatic carbocycles. The van der Waals surface area contributed by atoms with Crippen molar-refractivity contribution in [3.05, 3.63) is 70.7 Å². The highest BCUT2D eigenvalue weighted by atomic mass is 19.1. The second-order valence-electron chi connectivity index (χ2n) is 4.71. The van der Waals surface area contributed by atoms with Gasteiger partial charge in [-0.15, -0.1) is 0 Å². The molecule has 0 radical (unpaired) electrons. The van der Waals surface area contributed by atoms with Gasteiger partial charge in [0, 0.05) is 16.5 Å². The molecule has 0 saturated carbocycles. The maximum absolute atomic E-state index is 13.3. The summed E-state index contributed by atoms with van der Waals surface area (Å²) in [6, 6.07) is 12.5. The lowest BCUT2D eigenvalue weighted by Crippen LogP contribution is -2.01. The first kappa shape index (κ1) is 13.1. The average Bonchev–Trinajstić information content (AvgIpc) is 2.83. The van der Waals surface area contributed by atoms with Crippen LogP contribution >= 0.6 is 0 Å². The Labute approximate surface area is 120 Å². The Morgan fingerprint density at radius 1 is 1.19 bits per heavy atom. The van der Waals surface area contributed by atoms with Crippen molar-refractivity contribution in [2.24, 2.45) is 0 Å². The van der Waals surface area contributed by atoms with E-state index in [-0.39, 0.29) is 17.4 Å². The van der Waals surface area contributed by atoms with E-state index in [9.17, 15) is 9.18 Å². The molecule has 0 aliphatic rings. The molecule has 0 atom stereocenters. The van der Waals surface area contributed by atoms with E-state index < -0.39 is 0 Å². The van der Waals surface area contributed by atoms with Gasteiger partial charge in [-0.1, -0.05) is 0 Å². The molecule has 0 fully saturated rings. The quantitative estimate of drug-likeness (QED) is 0.667. The van der Waals surface area contributed by atoms with Gasteiger partial charge in [0.1, 0.15) is 11.4 Å². The zero-order valence-electron chi connectivity index (χ0n) is 11.2. The van der Waals surface area contributed by atoms with Crippen molar-refractivity contribution in [2.45, 2.75) is 6.92 Å². The zero-order valence-corrected chi connectivity index (χ0v) is 11.2. The number of hydrogen-bond acceptors (Lipinski definition) is 3. The smallest absolute Gasteiger partial charge is 0.228 e. The van der Waals surface area contributed by atoms with E-state index in [2.05, 4.69) is 0 Å². The SMILES string of the molecule is Cc1c(C(=O)c2ccc(C#N)cc2)oc2ccc(F)cc12. The first-order chi connectivity index (χ1) is 10.1. The van der Waals surface area contributed by atoms with E-state index in [1.54, 1.807) is 31.2 Å². The van der Waals surface area contributed by atoms with Crippen LogP contribution in [0.2, 0.25) is 0 Å². The highest BCUT2D eigenvalue weighted by Gasteiger charge is 2.19. The molecular weight excluding hydrogens is 269 g/mol. The largest absolute Gasteiger partial charge is 0.452 e. The van der Waals surface area contributed by atoms with Crippen LogP contribution in [-0.2, 0) is 0 Å². The van der Waals surface area contributed by atoms with Crippen molar-refractivity contribution >= 4 is 16.8 Å². The predicted molar refractivity (Wildman–Crippen MR) is 75.5 cm³/mol. The summed E-state index contributed by atoms with van der Waals surface area (Å²) in [6.45, 7) is 1.72. The Hall–Kier alpha value is -2.93. The summed E-state index contributed by atoms with van der Waals surface area (Å²) >= 11 is 0. The van der Waals surface area contributed by atoms with Crippen LogP contribution < -0.4 is 0 Å². The summed E-state index contributed by atoms with van der Waals surface area (Å²) in [5.74, 6) is -0.460. The first-order valence-corrected chi connectivity index (χ1v) is 6.33. The molecule has 0 unspecified atom stereocenters. The minimum Gasteiger partial charge on any atom is -0.452 e. The second-order valence-corrected chi connectivity index (χ2v) is 4.71. The summed E-state index contributed by atoms with van der Waals surface area (Å²) in [6.07, 6.45) is 0. The maximum atomic E-state index is 13.3. The lowest BCUT2D eigenvalue weighted by molar-refractivity contribution is 0.101. The summed E-state index contributed by atoms with van der Waals surface area (Å²) < 4.78 is 18.8. The fourth-order valence-electron chi connectivity index (χ4n) is 2.24. The lowest BCUT2D eigenvalue weighted by Gasteiger charge is -1.99.